The maximum Gasteiger partial charge on any atom is 0.326 e. The number of aliphatic carboxylic acids is 1. The highest BCUT2D eigenvalue weighted by Crippen LogP contribution is 2.44. The highest BCUT2D eigenvalue weighted by Gasteiger charge is 2.38. The maximum atomic E-state index is 13.4. The van der Waals surface area contributed by atoms with Gasteiger partial charge in [0.2, 0.25) is 0 Å². The number of carboxylic acids is 1. The van der Waals surface area contributed by atoms with Crippen LogP contribution in [0.3, 0.4) is 0 Å². The van der Waals surface area contributed by atoms with Crippen molar-refractivity contribution in [2.75, 3.05) is 6.54 Å². The van der Waals surface area contributed by atoms with Crippen molar-refractivity contribution in [2.45, 2.75) is 37.6 Å². The lowest BCUT2D eigenvalue weighted by Crippen LogP contribution is -2.40. The number of amides is 1. The number of pyridine rings is 1. The van der Waals surface area contributed by atoms with Crippen molar-refractivity contribution in [1.82, 2.24) is 15.0 Å². The summed E-state index contributed by atoms with van der Waals surface area (Å²) in [5.74, 6) is -1.51. The molecule has 3 heterocycles. The van der Waals surface area contributed by atoms with E-state index in [4.69, 9.17) is 4.52 Å². The molecule has 1 aromatic carbocycles. The number of likely N-dealkylation sites (tertiary alicyclic amines) is 1. The van der Waals surface area contributed by atoms with E-state index in [1.165, 1.54) is 17.0 Å². The SMILES string of the molecule is O=C(O)C1CCCN1C(=O)c1cc(-c2ccc(F)cc2)nc2onc(C3CC3)c12. The van der Waals surface area contributed by atoms with Crippen molar-refractivity contribution in [3.63, 3.8) is 0 Å². The first-order chi connectivity index (χ1) is 14.0. The van der Waals surface area contributed by atoms with Crippen LogP contribution in [0.25, 0.3) is 22.4 Å². The van der Waals surface area contributed by atoms with Crippen LogP contribution in [0.15, 0.2) is 34.9 Å². The molecule has 2 aromatic heterocycles. The zero-order chi connectivity index (χ0) is 20.1. The van der Waals surface area contributed by atoms with E-state index in [1.807, 2.05) is 0 Å². The average molecular weight is 395 g/mol. The molecule has 29 heavy (non-hydrogen) atoms. The molecule has 1 aliphatic heterocycles. The van der Waals surface area contributed by atoms with Gasteiger partial charge in [0.05, 0.1) is 22.3 Å². The summed E-state index contributed by atoms with van der Waals surface area (Å²) in [6, 6.07) is 6.58. The van der Waals surface area contributed by atoms with E-state index in [2.05, 4.69) is 10.1 Å². The number of rotatable bonds is 4. The number of nitrogens with zero attached hydrogens (tertiary/aromatic N) is 3. The van der Waals surface area contributed by atoms with Crippen LogP contribution in [0, 0.1) is 5.82 Å². The highest BCUT2D eigenvalue weighted by atomic mass is 19.1. The van der Waals surface area contributed by atoms with Gasteiger partial charge < -0.3 is 14.5 Å². The molecule has 148 valence electrons. The molecule has 1 atom stereocenters. The molecule has 1 aliphatic carbocycles. The van der Waals surface area contributed by atoms with Crippen LogP contribution in [0.4, 0.5) is 4.39 Å². The first-order valence-electron chi connectivity index (χ1n) is 9.63. The summed E-state index contributed by atoms with van der Waals surface area (Å²) >= 11 is 0. The molecular weight excluding hydrogens is 377 g/mol. The third kappa shape index (κ3) is 3.04. The standard InChI is InChI=1S/C21H18FN3O4/c22-13-7-5-11(6-8-13)15-10-14(20(26)25-9-1-2-16(25)21(27)28)17-18(12-3-4-12)24-29-19(17)23-15/h5-8,10,12,16H,1-4,9H2,(H,27,28). The van der Waals surface area contributed by atoms with E-state index in [0.29, 0.717) is 47.3 Å². The van der Waals surface area contributed by atoms with Crippen molar-refractivity contribution in [2.24, 2.45) is 0 Å². The quantitative estimate of drug-likeness (QED) is 0.725. The molecular formula is C21H18FN3O4. The number of halogens is 1. The molecule has 1 saturated carbocycles. The lowest BCUT2D eigenvalue weighted by Gasteiger charge is -2.22. The van der Waals surface area contributed by atoms with Gasteiger partial charge in [0.1, 0.15) is 11.9 Å². The number of aromatic nitrogens is 2. The zero-order valence-corrected chi connectivity index (χ0v) is 15.5. The molecule has 0 spiro atoms. The van der Waals surface area contributed by atoms with Crippen LogP contribution in [0.5, 0.6) is 0 Å². The number of hydrogen-bond donors (Lipinski definition) is 1. The van der Waals surface area contributed by atoms with Gasteiger partial charge in [0.25, 0.3) is 11.6 Å². The van der Waals surface area contributed by atoms with E-state index in [0.717, 1.165) is 12.8 Å². The fraction of sp³-hybridized carbons (Fsp3) is 0.333. The Morgan fingerprint density at radius 3 is 2.62 bits per heavy atom. The average Bonchev–Trinajstić information content (AvgIpc) is 3.27. The molecule has 2 aliphatic rings. The van der Waals surface area contributed by atoms with Crippen molar-refractivity contribution in [3.05, 3.63) is 47.4 Å². The molecule has 8 heteroatoms. The van der Waals surface area contributed by atoms with Crippen LogP contribution >= 0.6 is 0 Å². The smallest absolute Gasteiger partial charge is 0.326 e. The van der Waals surface area contributed by atoms with E-state index in [-0.39, 0.29) is 23.4 Å². The first kappa shape index (κ1) is 17.8. The molecule has 0 radical (unpaired) electrons. The molecule has 7 nitrogen and oxygen atoms in total. The van der Waals surface area contributed by atoms with Gasteiger partial charge in [-0.05, 0) is 56.0 Å². The molecule has 1 saturated heterocycles. The summed E-state index contributed by atoms with van der Waals surface area (Å²) in [5.41, 5.74) is 2.36. The third-order valence-electron chi connectivity index (χ3n) is 5.61. The van der Waals surface area contributed by atoms with Crippen molar-refractivity contribution < 1.29 is 23.6 Å². The minimum absolute atomic E-state index is 0.232. The second-order valence-electron chi connectivity index (χ2n) is 7.58. The Labute approximate surface area is 165 Å². The Morgan fingerprint density at radius 1 is 1.17 bits per heavy atom. The molecule has 3 aromatic rings. The zero-order valence-electron chi connectivity index (χ0n) is 15.5. The van der Waals surface area contributed by atoms with Crippen LogP contribution in [0.2, 0.25) is 0 Å². The van der Waals surface area contributed by atoms with Gasteiger partial charge in [0.15, 0.2) is 0 Å². The minimum Gasteiger partial charge on any atom is -0.480 e. The van der Waals surface area contributed by atoms with E-state index in [1.54, 1.807) is 18.2 Å². The van der Waals surface area contributed by atoms with E-state index < -0.39 is 12.0 Å². The Balaban J connectivity index is 1.67. The van der Waals surface area contributed by atoms with Crippen molar-refractivity contribution >= 4 is 23.0 Å². The summed E-state index contributed by atoms with van der Waals surface area (Å²) in [7, 11) is 0. The number of benzene rings is 1. The Hall–Kier alpha value is -3.29. The molecule has 1 amide bonds. The van der Waals surface area contributed by atoms with Crippen LogP contribution < -0.4 is 0 Å². The van der Waals surface area contributed by atoms with Gasteiger partial charge in [-0.2, -0.15) is 0 Å². The fourth-order valence-electron chi connectivity index (χ4n) is 3.97. The molecule has 0 bridgehead atoms. The van der Waals surface area contributed by atoms with Gasteiger partial charge in [-0.3, -0.25) is 4.79 Å². The maximum absolute atomic E-state index is 13.4. The molecule has 2 fully saturated rings. The van der Waals surface area contributed by atoms with Gasteiger partial charge >= 0.3 is 5.97 Å². The Morgan fingerprint density at radius 2 is 1.93 bits per heavy atom. The predicted octanol–water partition coefficient (Wildman–Crippen LogP) is 3.60. The summed E-state index contributed by atoms with van der Waals surface area (Å²) in [5, 5.41) is 14.2. The van der Waals surface area contributed by atoms with Crippen LogP contribution in [-0.2, 0) is 4.79 Å². The summed E-state index contributed by atoms with van der Waals surface area (Å²) in [4.78, 5) is 30.9. The van der Waals surface area contributed by atoms with Crippen molar-refractivity contribution in [3.8, 4) is 11.3 Å². The predicted molar refractivity (Wildman–Crippen MR) is 101 cm³/mol. The number of fused-ring (bicyclic) bond motifs is 1. The summed E-state index contributed by atoms with van der Waals surface area (Å²) in [6.07, 6.45) is 3.01. The first-order valence-corrected chi connectivity index (χ1v) is 9.63. The molecule has 5 rings (SSSR count). The topological polar surface area (TPSA) is 96.5 Å². The Kier molecular flexibility index (Phi) is 4.08. The molecule has 1 N–H and O–H groups in total. The number of carbonyl (C=O) groups is 2. The lowest BCUT2D eigenvalue weighted by molar-refractivity contribution is -0.141. The Bertz CT molecular complexity index is 1120. The van der Waals surface area contributed by atoms with Gasteiger partial charge in [-0.15, -0.1) is 0 Å². The summed E-state index contributed by atoms with van der Waals surface area (Å²) < 4.78 is 18.8. The second kappa shape index (κ2) is 6.65. The minimum atomic E-state index is -1.01. The van der Waals surface area contributed by atoms with Gasteiger partial charge in [-0.1, -0.05) is 5.16 Å². The number of hydrogen-bond acceptors (Lipinski definition) is 5. The second-order valence-corrected chi connectivity index (χ2v) is 7.58. The fourth-order valence-corrected chi connectivity index (χ4v) is 3.97. The number of carbonyl (C=O) groups excluding carboxylic acids is 1. The van der Waals surface area contributed by atoms with Crippen molar-refractivity contribution in [1.29, 1.82) is 0 Å². The largest absolute Gasteiger partial charge is 0.480 e. The monoisotopic (exact) mass is 395 g/mol. The van der Waals surface area contributed by atoms with Crippen LogP contribution in [0.1, 0.15) is 47.7 Å². The third-order valence-corrected chi connectivity index (χ3v) is 5.61. The summed E-state index contributed by atoms with van der Waals surface area (Å²) in [6.45, 7) is 0.384. The number of carboxylic acid groups (broad SMARTS) is 1. The van der Waals surface area contributed by atoms with E-state index >= 15 is 0 Å². The normalized spacial score (nSPS) is 19.1. The molecule has 1 unspecified atom stereocenters. The van der Waals surface area contributed by atoms with Gasteiger partial charge in [-0.25, -0.2) is 14.2 Å². The van der Waals surface area contributed by atoms with Gasteiger partial charge in [0, 0.05) is 18.0 Å². The highest BCUT2D eigenvalue weighted by molar-refractivity contribution is 6.08. The van der Waals surface area contributed by atoms with Crippen LogP contribution in [-0.4, -0.2) is 44.6 Å². The van der Waals surface area contributed by atoms with E-state index in [9.17, 15) is 19.1 Å². The lowest BCUT2D eigenvalue weighted by atomic mass is 10.0.